The lowest BCUT2D eigenvalue weighted by molar-refractivity contribution is 0.191. The van der Waals surface area contributed by atoms with E-state index in [1.807, 2.05) is 6.92 Å². The minimum absolute atomic E-state index is 0.0662. The summed E-state index contributed by atoms with van der Waals surface area (Å²) in [6, 6.07) is -0.234. The van der Waals surface area contributed by atoms with Crippen molar-refractivity contribution in [2.45, 2.75) is 19.4 Å². The van der Waals surface area contributed by atoms with Crippen molar-refractivity contribution in [3.63, 3.8) is 0 Å². The van der Waals surface area contributed by atoms with E-state index in [1.54, 1.807) is 0 Å². The summed E-state index contributed by atoms with van der Waals surface area (Å²) in [5.74, 6) is 0.249. The number of rotatable bonds is 3. The van der Waals surface area contributed by atoms with Gasteiger partial charge in [0.2, 0.25) is 10.0 Å². The SMILES string of the molecule is CC1CCN(S(=O)(=O)CBr)C1CO. The molecular formula is C7H14BrNO3S. The van der Waals surface area contributed by atoms with Crippen LogP contribution in [-0.2, 0) is 10.0 Å². The smallest absolute Gasteiger partial charge is 0.224 e. The summed E-state index contributed by atoms with van der Waals surface area (Å²) in [6.45, 7) is 2.40. The molecule has 0 aliphatic carbocycles. The summed E-state index contributed by atoms with van der Waals surface area (Å²) in [7, 11) is -3.20. The van der Waals surface area contributed by atoms with Crippen LogP contribution in [0.5, 0.6) is 0 Å². The van der Waals surface area contributed by atoms with Crippen LogP contribution < -0.4 is 0 Å². The Labute approximate surface area is 87.1 Å². The number of hydrogen-bond acceptors (Lipinski definition) is 3. The third-order valence-corrected chi connectivity index (χ3v) is 5.69. The van der Waals surface area contributed by atoms with Gasteiger partial charge in [-0.1, -0.05) is 22.9 Å². The largest absolute Gasteiger partial charge is 0.395 e. The fourth-order valence-electron chi connectivity index (χ4n) is 1.65. The Hall–Kier alpha value is 0.350. The average Bonchev–Trinajstić information content (AvgIpc) is 2.47. The van der Waals surface area contributed by atoms with Gasteiger partial charge in [-0.05, 0) is 12.3 Å². The second-order valence-electron chi connectivity index (χ2n) is 3.35. The molecule has 0 radical (unpaired) electrons. The molecule has 2 atom stereocenters. The van der Waals surface area contributed by atoms with E-state index in [9.17, 15) is 8.42 Å². The molecule has 0 aromatic rings. The highest BCUT2D eigenvalue weighted by atomic mass is 79.9. The highest BCUT2D eigenvalue weighted by Gasteiger charge is 2.37. The highest BCUT2D eigenvalue weighted by Crippen LogP contribution is 2.26. The second kappa shape index (κ2) is 4.25. The van der Waals surface area contributed by atoms with Crippen LogP contribution in [0.1, 0.15) is 13.3 Å². The van der Waals surface area contributed by atoms with Gasteiger partial charge >= 0.3 is 0 Å². The predicted molar refractivity (Wildman–Crippen MR) is 54.1 cm³/mol. The van der Waals surface area contributed by atoms with E-state index in [0.717, 1.165) is 6.42 Å². The molecule has 1 heterocycles. The molecule has 2 unspecified atom stereocenters. The summed E-state index contributed by atoms with van der Waals surface area (Å²) < 4.78 is 24.3. The molecule has 0 aromatic carbocycles. The maximum Gasteiger partial charge on any atom is 0.224 e. The van der Waals surface area contributed by atoms with E-state index in [1.165, 1.54) is 4.31 Å². The number of hydrogen-bond donors (Lipinski definition) is 1. The zero-order valence-electron chi connectivity index (χ0n) is 7.48. The highest BCUT2D eigenvalue weighted by molar-refractivity contribution is 9.10. The summed E-state index contributed by atoms with van der Waals surface area (Å²) in [6.07, 6.45) is 0.831. The van der Waals surface area contributed by atoms with Crippen molar-refractivity contribution in [1.82, 2.24) is 4.31 Å². The van der Waals surface area contributed by atoms with Crippen LogP contribution in [-0.4, -0.2) is 41.7 Å². The van der Waals surface area contributed by atoms with Crippen LogP contribution in [0.3, 0.4) is 0 Å². The van der Waals surface area contributed by atoms with E-state index in [0.29, 0.717) is 6.54 Å². The van der Waals surface area contributed by atoms with Gasteiger partial charge in [-0.25, -0.2) is 8.42 Å². The zero-order valence-corrected chi connectivity index (χ0v) is 9.88. The van der Waals surface area contributed by atoms with Crippen molar-refractivity contribution >= 4 is 26.0 Å². The van der Waals surface area contributed by atoms with E-state index >= 15 is 0 Å². The van der Waals surface area contributed by atoms with E-state index in [2.05, 4.69) is 15.9 Å². The Kier molecular flexibility index (Phi) is 3.73. The molecule has 0 aromatic heterocycles. The minimum Gasteiger partial charge on any atom is -0.395 e. The molecule has 1 fully saturated rings. The third kappa shape index (κ3) is 2.23. The Morgan fingerprint density at radius 1 is 1.62 bits per heavy atom. The number of sulfonamides is 1. The molecule has 0 spiro atoms. The summed E-state index contributed by atoms with van der Waals surface area (Å²) in [5, 5.41) is 9.04. The van der Waals surface area contributed by atoms with Gasteiger partial charge in [-0.2, -0.15) is 4.31 Å². The van der Waals surface area contributed by atoms with E-state index in [-0.39, 0.29) is 23.2 Å². The average molecular weight is 272 g/mol. The summed E-state index contributed by atoms with van der Waals surface area (Å²) >= 11 is 2.95. The van der Waals surface area contributed by atoms with Crippen molar-refractivity contribution in [2.24, 2.45) is 5.92 Å². The lowest BCUT2D eigenvalue weighted by atomic mass is 10.0. The standard InChI is InChI=1S/C7H14BrNO3S/c1-6-2-3-9(7(6)4-10)13(11,12)5-8/h6-7,10H,2-5H2,1H3. The number of alkyl halides is 1. The lowest BCUT2D eigenvalue weighted by Crippen LogP contribution is -2.40. The van der Waals surface area contributed by atoms with Crippen LogP contribution >= 0.6 is 15.9 Å². The lowest BCUT2D eigenvalue weighted by Gasteiger charge is -2.23. The van der Waals surface area contributed by atoms with Crippen molar-refractivity contribution in [3.8, 4) is 0 Å². The van der Waals surface area contributed by atoms with Crippen LogP contribution in [0.25, 0.3) is 0 Å². The first-order valence-corrected chi connectivity index (χ1v) is 6.92. The number of aliphatic hydroxyl groups is 1. The van der Waals surface area contributed by atoms with Crippen LogP contribution in [0.2, 0.25) is 0 Å². The van der Waals surface area contributed by atoms with Gasteiger partial charge in [-0.3, -0.25) is 0 Å². The quantitative estimate of drug-likeness (QED) is 0.755. The maximum atomic E-state index is 11.5. The van der Waals surface area contributed by atoms with Crippen molar-refractivity contribution in [2.75, 3.05) is 17.8 Å². The first-order valence-electron chi connectivity index (χ1n) is 4.19. The maximum absolute atomic E-state index is 11.5. The first kappa shape index (κ1) is 11.4. The zero-order chi connectivity index (χ0) is 10.1. The molecule has 1 aliphatic heterocycles. The van der Waals surface area contributed by atoms with Gasteiger partial charge in [0, 0.05) is 6.54 Å². The van der Waals surface area contributed by atoms with Crippen LogP contribution in [0.4, 0.5) is 0 Å². The van der Waals surface area contributed by atoms with Gasteiger partial charge < -0.3 is 5.11 Å². The Morgan fingerprint density at radius 2 is 2.23 bits per heavy atom. The fourth-order valence-corrected chi connectivity index (χ4v) is 3.64. The number of nitrogens with zero attached hydrogens (tertiary/aromatic N) is 1. The summed E-state index contributed by atoms with van der Waals surface area (Å²) in [5.41, 5.74) is 0. The normalized spacial score (nSPS) is 31.0. The molecule has 1 rings (SSSR count). The van der Waals surface area contributed by atoms with Crippen LogP contribution in [0.15, 0.2) is 0 Å². The molecule has 0 amide bonds. The molecular weight excluding hydrogens is 258 g/mol. The van der Waals surface area contributed by atoms with E-state index < -0.39 is 10.0 Å². The number of halogens is 1. The van der Waals surface area contributed by atoms with Crippen molar-refractivity contribution < 1.29 is 13.5 Å². The van der Waals surface area contributed by atoms with Gasteiger partial charge in [0.25, 0.3) is 0 Å². The second-order valence-corrected chi connectivity index (χ2v) is 6.57. The molecule has 1 N–H and O–H groups in total. The minimum atomic E-state index is -3.20. The predicted octanol–water partition coefficient (Wildman–Crippen LogP) is 0.371. The van der Waals surface area contributed by atoms with Gasteiger partial charge in [-0.15, -0.1) is 0 Å². The Bertz CT molecular complexity index is 267. The Balaban J connectivity index is 2.82. The molecule has 1 aliphatic rings. The number of aliphatic hydroxyl groups excluding tert-OH is 1. The summed E-state index contributed by atoms with van der Waals surface area (Å²) in [4.78, 5) is 0. The van der Waals surface area contributed by atoms with Gasteiger partial charge in [0.15, 0.2) is 0 Å². The van der Waals surface area contributed by atoms with Crippen molar-refractivity contribution in [3.05, 3.63) is 0 Å². The van der Waals surface area contributed by atoms with Crippen molar-refractivity contribution in [1.29, 1.82) is 0 Å². The van der Waals surface area contributed by atoms with Gasteiger partial charge in [0.05, 0.1) is 12.6 Å². The first-order chi connectivity index (χ1) is 6.03. The molecule has 0 bridgehead atoms. The monoisotopic (exact) mass is 271 g/mol. The molecule has 0 saturated carbocycles. The molecule has 13 heavy (non-hydrogen) atoms. The molecule has 4 nitrogen and oxygen atoms in total. The third-order valence-electron chi connectivity index (χ3n) is 2.51. The molecule has 6 heteroatoms. The fraction of sp³-hybridized carbons (Fsp3) is 1.00. The van der Waals surface area contributed by atoms with E-state index in [4.69, 9.17) is 5.11 Å². The molecule has 78 valence electrons. The van der Waals surface area contributed by atoms with Crippen LogP contribution in [0, 0.1) is 5.92 Å². The topological polar surface area (TPSA) is 57.6 Å². The Morgan fingerprint density at radius 3 is 2.69 bits per heavy atom. The molecule has 1 saturated heterocycles. The van der Waals surface area contributed by atoms with Gasteiger partial charge in [0.1, 0.15) is 4.66 Å².